The molecule has 80 valence electrons. The summed E-state index contributed by atoms with van der Waals surface area (Å²) in [5, 5.41) is 12.4. The second-order valence-corrected chi connectivity index (χ2v) is 3.97. The Bertz CT molecular complexity index is 367. The number of hydrogen-bond acceptors (Lipinski definition) is 2. The summed E-state index contributed by atoms with van der Waals surface area (Å²) < 4.78 is 0.000278. The first kappa shape index (κ1) is 10.1. The van der Waals surface area contributed by atoms with Crippen molar-refractivity contribution in [1.29, 1.82) is 0 Å². The Morgan fingerprint density at radius 1 is 1.40 bits per heavy atom. The van der Waals surface area contributed by atoms with E-state index in [4.69, 9.17) is 0 Å². The van der Waals surface area contributed by atoms with Gasteiger partial charge in [0, 0.05) is 12.1 Å². The average molecular weight is 207 g/mol. The van der Waals surface area contributed by atoms with Gasteiger partial charge in [-0.3, -0.25) is 5.32 Å². The molecule has 1 saturated heterocycles. The standard InChI is InChI=1S/C11H14N2O2/c1-9-2-4-10(5-3-9)13(11(14)15)7-6-12-8-13/h2-5,12H,6-8H2,1H3/p+1. The highest BCUT2D eigenvalue weighted by atomic mass is 16.4. The normalized spacial score (nSPS) is 25.4. The van der Waals surface area contributed by atoms with E-state index < -0.39 is 6.09 Å². The van der Waals surface area contributed by atoms with Gasteiger partial charge in [0.05, 0.1) is 6.54 Å². The topological polar surface area (TPSA) is 49.3 Å². The molecule has 0 aromatic heterocycles. The zero-order valence-electron chi connectivity index (χ0n) is 8.73. The third kappa shape index (κ3) is 1.62. The van der Waals surface area contributed by atoms with Gasteiger partial charge in [0.1, 0.15) is 18.9 Å². The number of rotatable bonds is 1. The quantitative estimate of drug-likeness (QED) is 0.687. The predicted molar refractivity (Wildman–Crippen MR) is 58.7 cm³/mol. The number of nitrogens with zero attached hydrogens (tertiary/aromatic N) is 1. The molecule has 2 rings (SSSR count). The van der Waals surface area contributed by atoms with Crippen molar-refractivity contribution in [2.24, 2.45) is 0 Å². The van der Waals surface area contributed by atoms with Crippen LogP contribution < -0.4 is 9.80 Å². The van der Waals surface area contributed by atoms with Crippen LogP contribution in [0.5, 0.6) is 0 Å². The van der Waals surface area contributed by atoms with Gasteiger partial charge in [-0.2, -0.15) is 9.28 Å². The fourth-order valence-electron chi connectivity index (χ4n) is 1.94. The molecular weight excluding hydrogens is 192 g/mol. The van der Waals surface area contributed by atoms with Gasteiger partial charge in [-0.1, -0.05) is 17.7 Å². The molecule has 1 aliphatic heterocycles. The fraction of sp³-hybridized carbons (Fsp3) is 0.364. The lowest BCUT2D eigenvalue weighted by molar-refractivity contribution is 0.156. The minimum Gasteiger partial charge on any atom is -0.435 e. The van der Waals surface area contributed by atoms with E-state index in [2.05, 4.69) is 5.32 Å². The van der Waals surface area contributed by atoms with Crippen molar-refractivity contribution in [2.45, 2.75) is 6.92 Å². The maximum Gasteiger partial charge on any atom is 0.519 e. The predicted octanol–water partition coefficient (Wildman–Crippen LogP) is 1.54. The molecule has 0 aliphatic carbocycles. The Labute approximate surface area is 88.7 Å². The summed E-state index contributed by atoms with van der Waals surface area (Å²) in [5.74, 6) is 0. The second kappa shape index (κ2) is 3.64. The molecule has 1 aromatic rings. The van der Waals surface area contributed by atoms with E-state index in [9.17, 15) is 9.90 Å². The number of hydrogen-bond donors (Lipinski definition) is 2. The van der Waals surface area contributed by atoms with Crippen LogP contribution in [-0.4, -0.2) is 31.0 Å². The number of carboxylic acid groups (broad SMARTS) is 1. The van der Waals surface area contributed by atoms with E-state index in [1.807, 2.05) is 31.2 Å². The van der Waals surface area contributed by atoms with Gasteiger partial charge in [0.2, 0.25) is 0 Å². The van der Waals surface area contributed by atoms with Crippen LogP contribution in [0, 0.1) is 6.92 Å². The van der Waals surface area contributed by atoms with Gasteiger partial charge in [0.25, 0.3) is 0 Å². The number of amides is 1. The van der Waals surface area contributed by atoms with Crippen molar-refractivity contribution in [3.8, 4) is 0 Å². The smallest absolute Gasteiger partial charge is 0.435 e. The van der Waals surface area contributed by atoms with Crippen LogP contribution in [-0.2, 0) is 0 Å². The lowest BCUT2D eigenvalue weighted by Gasteiger charge is -2.25. The van der Waals surface area contributed by atoms with Gasteiger partial charge < -0.3 is 5.11 Å². The molecule has 4 heteroatoms. The highest BCUT2D eigenvalue weighted by Gasteiger charge is 2.42. The van der Waals surface area contributed by atoms with Crippen LogP contribution in [0.15, 0.2) is 24.3 Å². The minimum absolute atomic E-state index is 0.000278. The van der Waals surface area contributed by atoms with E-state index in [0.29, 0.717) is 13.2 Å². The molecular formula is C11H15N2O2+. The van der Waals surface area contributed by atoms with E-state index in [-0.39, 0.29) is 4.48 Å². The zero-order valence-corrected chi connectivity index (χ0v) is 8.73. The summed E-state index contributed by atoms with van der Waals surface area (Å²) in [6.45, 7) is 3.83. The molecule has 0 saturated carbocycles. The molecule has 1 aromatic carbocycles. The van der Waals surface area contributed by atoms with Gasteiger partial charge in [0.15, 0.2) is 0 Å². The summed E-state index contributed by atoms with van der Waals surface area (Å²) >= 11 is 0. The van der Waals surface area contributed by atoms with Crippen LogP contribution in [0.4, 0.5) is 10.5 Å². The summed E-state index contributed by atoms with van der Waals surface area (Å²) in [6.07, 6.45) is -0.788. The van der Waals surface area contributed by atoms with Crippen LogP contribution in [0.3, 0.4) is 0 Å². The third-order valence-corrected chi connectivity index (χ3v) is 2.95. The Morgan fingerprint density at radius 2 is 2.07 bits per heavy atom. The largest absolute Gasteiger partial charge is 0.519 e. The van der Waals surface area contributed by atoms with Crippen LogP contribution in [0.1, 0.15) is 5.56 Å². The molecule has 1 amide bonds. The molecule has 1 atom stereocenters. The van der Waals surface area contributed by atoms with Crippen molar-refractivity contribution in [2.75, 3.05) is 19.8 Å². The van der Waals surface area contributed by atoms with Crippen LogP contribution >= 0.6 is 0 Å². The summed E-state index contributed by atoms with van der Waals surface area (Å²) in [5.41, 5.74) is 1.99. The number of quaternary nitrogens is 1. The molecule has 0 radical (unpaired) electrons. The van der Waals surface area contributed by atoms with Gasteiger partial charge in [-0.15, -0.1) is 0 Å². The van der Waals surface area contributed by atoms with E-state index in [1.165, 1.54) is 0 Å². The molecule has 1 unspecified atom stereocenters. The second-order valence-electron chi connectivity index (χ2n) is 3.97. The maximum atomic E-state index is 11.3. The summed E-state index contributed by atoms with van der Waals surface area (Å²) in [7, 11) is 0. The number of aryl methyl sites for hydroxylation is 1. The van der Waals surface area contributed by atoms with E-state index >= 15 is 0 Å². The highest BCUT2D eigenvalue weighted by molar-refractivity contribution is 5.81. The van der Waals surface area contributed by atoms with Gasteiger partial charge >= 0.3 is 6.09 Å². The highest BCUT2D eigenvalue weighted by Crippen LogP contribution is 2.25. The average Bonchev–Trinajstić information content (AvgIpc) is 2.69. The minimum atomic E-state index is -0.788. The Kier molecular flexibility index (Phi) is 2.46. The molecule has 0 bridgehead atoms. The lowest BCUT2D eigenvalue weighted by Crippen LogP contribution is -2.52. The Morgan fingerprint density at radius 3 is 2.53 bits per heavy atom. The first-order valence-corrected chi connectivity index (χ1v) is 5.04. The Hall–Kier alpha value is -1.39. The molecule has 15 heavy (non-hydrogen) atoms. The molecule has 1 fully saturated rings. The Balaban J connectivity index is 2.41. The fourth-order valence-corrected chi connectivity index (χ4v) is 1.94. The maximum absolute atomic E-state index is 11.3. The lowest BCUT2D eigenvalue weighted by atomic mass is 10.2. The number of carbonyl (C=O) groups is 1. The molecule has 1 aliphatic rings. The molecule has 1 heterocycles. The van der Waals surface area contributed by atoms with E-state index in [0.717, 1.165) is 17.8 Å². The number of nitrogens with one attached hydrogen (secondary N) is 1. The molecule has 2 N–H and O–H groups in total. The number of benzene rings is 1. The molecule has 0 spiro atoms. The third-order valence-electron chi connectivity index (χ3n) is 2.95. The van der Waals surface area contributed by atoms with Crippen LogP contribution in [0.2, 0.25) is 0 Å². The van der Waals surface area contributed by atoms with Crippen molar-refractivity contribution >= 4 is 11.8 Å². The van der Waals surface area contributed by atoms with Crippen molar-refractivity contribution in [3.05, 3.63) is 29.8 Å². The molecule has 4 nitrogen and oxygen atoms in total. The zero-order chi connectivity index (χ0) is 10.9. The first-order valence-electron chi connectivity index (χ1n) is 5.04. The summed E-state index contributed by atoms with van der Waals surface area (Å²) in [4.78, 5) is 11.3. The monoisotopic (exact) mass is 207 g/mol. The van der Waals surface area contributed by atoms with Crippen molar-refractivity contribution < 1.29 is 9.90 Å². The van der Waals surface area contributed by atoms with Crippen LogP contribution in [0.25, 0.3) is 0 Å². The van der Waals surface area contributed by atoms with E-state index in [1.54, 1.807) is 0 Å². The van der Waals surface area contributed by atoms with Crippen molar-refractivity contribution in [1.82, 2.24) is 9.80 Å². The van der Waals surface area contributed by atoms with Gasteiger partial charge in [-0.25, -0.2) is 0 Å². The van der Waals surface area contributed by atoms with Gasteiger partial charge in [-0.05, 0) is 6.92 Å². The SMILES string of the molecule is Cc1ccc([N+]2(C(=O)O)CCNC2)cc1. The van der Waals surface area contributed by atoms with Crippen molar-refractivity contribution in [3.63, 3.8) is 0 Å². The summed E-state index contributed by atoms with van der Waals surface area (Å²) in [6, 6.07) is 7.71. The first-order chi connectivity index (χ1) is 7.15.